The van der Waals surface area contributed by atoms with Crippen LogP contribution < -0.4 is 20.6 Å². The summed E-state index contributed by atoms with van der Waals surface area (Å²) in [4.78, 5) is 0. The number of thiocarbonyl (C=S) groups is 1. The van der Waals surface area contributed by atoms with Crippen LogP contribution in [0.15, 0.2) is 61.2 Å². The molecule has 6 heteroatoms. The van der Waals surface area contributed by atoms with Gasteiger partial charge in [-0.05, 0) is 42.0 Å². The number of hydrogen-bond acceptors (Lipinski definition) is 2. The molecule has 0 saturated carbocycles. The zero-order valence-electron chi connectivity index (χ0n) is 13.1. The van der Waals surface area contributed by atoms with Gasteiger partial charge in [-0.3, -0.25) is 0 Å². The lowest BCUT2D eigenvalue weighted by Crippen LogP contribution is -2.82. The van der Waals surface area contributed by atoms with Gasteiger partial charge in [0.15, 0.2) is 0 Å². The molecule has 2 aromatic rings. The lowest BCUT2D eigenvalue weighted by atomic mass is 10.2. The highest BCUT2D eigenvalue weighted by molar-refractivity contribution is 7.80. The molecule has 2 aromatic carbocycles. The summed E-state index contributed by atoms with van der Waals surface area (Å²) < 4.78 is 5.88. The van der Waals surface area contributed by atoms with Gasteiger partial charge >= 0.3 is 0 Å². The van der Waals surface area contributed by atoms with Crippen molar-refractivity contribution in [3.63, 3.8) is 0 Å². The smallest absolute Gasteiger partial charge is 0.224 e. The minimum Gasteiger partial charge on any atom is -0.488 e. The van der Waals surface area contributed by atoms with Crippen molar-refractivity contribution in [3.05, 3.63) is 77.3 Å². The van der Waals surface area contributed by atoms with Gasteiger partial charge in [-0.25, -0.2) is 0 Å². The molecule has 0 unspecified atom stereocenters. The monoisotopic (exact) mass is 360 g/mol. The normalized spacial score (nSPS) is 10.4. The van der Waals surface area contributed by atoms with Crippen molar-refractivity contribution in [1.29, 1.82) is 0 Å². The molecule has 0 radical (unpaired) electrons. The van der Waals surface area contributed by atoms with E-state index < -0.39 is 0 Å². The summed E-state index contributed by atoms with van der Waals surface area (Å²) in [6.07, 6.45) is 3.52. The summed E-state index contributed by atoms with van der Waals surface area (Å²) in [6, 6.07) is 15.3. The Kier molecular flexibility index (Phi) is 7.26. The Bertz CT molecular complexity index is 734. The fourth-order valence-electron chi connectivity index (χ4n) is 1.91. The van der Waals surface area contributed by atoms with Crippen LogP contribution in [-0.2, 0) is 6.61 Å². The number of hydrogen-bond donors (Lipinski definition) is 3. The fraction of sp³-hybridized carbons (Fsp3) is 0.111. The number of para-hydroxylation sites is 1. The Morgan fingerprint density at radius 1 is 1.25 bits per heavy atom. The topological polar surface area (TPSA) is 47.3 Å². The first-order chi connectivity index (χ1) is 11.7. The van der Waals surface area contributed by atoms with Crippen LogP contribution in [0.5, 0.6) is 5.75 Å². The molecule has 124 valence electrons. The van der Waals surface area contributed by atoms with Gasteiger partial charge in [-0.2, -0.15) is 0 Å². The number of nitrogens with one attached hydrogen (secondary N) is 3. The number of benzene rings is 2. The molecule has 0 fully saturated rings. The minimum absolute atomic E-state index is 0.443. The molecule has 0 heterocycles. The highest BCUT2D eigenvalue weighted by Crippen LogP contribution is 2.18. The number of hydrazine groups is 1. The third-order valence-electron chi connectivity index (χ3n) is 3.02. The maximum atomic E-state index is 5.99. The van der Waals surface area contributed by atoms with Gasteiger partial charge in [0.2, 0.25) is 11.3 Å². The number of ether oxygens (including phenoxy) is 1. The van der Waals surface area contributed by atoms with E-state index in [-0.39, 0.29) is 0 Å². The number of hydrazone groups is 1. The quantitative estimate of drug-likeness (QED) is 0.306. The Morgan fingerprint density at radius 3 is 2.88 bits per heavy atom. The summed E-state index contributed by atoms with van der Waals surface area (Å²) in [5, 5.41) is 7.09. The van der Waals surface area contributed by atoms with E-state index in [1.807, 2.05) is 48.5 Å². The van der Waals surface area contributed by atoms with Gasteiger partial charge in [-0.1, -0.05) is 41.9 Å². The van der Waals surface area contributed by atoms with E-state index in [1.165, 1.54) is 0 Å². The van der Waals surface area contributed by atoms with Gasteiger partial charge in [-0.15, -0.1) is 17.1 Å². The Hall–Kier alpha value is -2.37. The molecule has 0 amide bonds. The van der Waals surface area contributed by atoms with Gasteiger partial charge in [0, 0.05) is 11.6 Å². The van der Waals surface area contributed by atoms with Crippen LogP contribution in [0.1, 0.15) is 11.1 Å². The van der Waals surface area contributed by atoms with Crippen LogP contribution in [0.25, 0.3) is 0 Å². The third kappa shape index (κ3) is 6.02. The van der Waals surface area contributed by atoms with Gasteiger partial charge in [0.1, 0.15) is 12.4 Å². The molecule has 0 aliphatic heterocycles. The van der Waals surface area contributed by atoms with E-state index in [1.54, 1.807) is 12.3 Å². The van der Waals surface area contributed by atoms with Crippen molar-refractivity contribution >= 4 is 35.1 Å². The lowest BCUT2D eigenvalue weighted by molar-refractivity contribution is -0.500. The third-order valence-corrected chi connectivity index (χ3v) is 3.50. The van der Waals surface area contributed by atoms with Gasteiger partial charge in [0.25, 0.3) is 0 Å². The van der Waals surface area contributed by atoms with Crippen LogP contribution >= 0.6 is 23.8 Å². The number of rotatable bonds is 7. The molecular weight excluding hydrogens is 342 g/mol. The molecule has 4 nitrogen and oxygen atoms in total. The van der Waals surface area contributed by atoms with Gasteiger partial charge in [0.05, 0.1) is 5.56 Å². The second kappa shape index (κ2) is 9.70. The zero-order valence-corrected chi connectivity index (χ0v) is 14.7. The maximum Gasteiger partial charge on any atom is 0.224 e. The first-order valence-corrected chi connectivity index (χ1v) is 8.17. The highest BCUT2D eigenvalue weighted by Gasteiger charge is 2.04. The fourth-order valence-corrected chi connectivity index (χ4v) is 2.26. The molecule has 0 aromatic heterocycles. The summed E-state index contributed by atoms with van der Waals surface area (Å²) in [5.41, 5.74) is 4.78. The minimum atomic E-state index is 0.443. The van der Waals surface area contributed by atoms with Crippen LogP contribution in [0.3, 0.4) is 0 Å². The summed E-state index contributed by atoms with van der Waals surface area (Å²) in [5.74, 6) is 0.761. The molecule has 0 spiro atoms. The van der Waals surface area contributed by atoms with E-state index in [4.69, 9.17) is 28.6 Å². The molecule has 0 bridgehead atoms. The SMILES string of the molecule is C=CCNC(=S)N[NH+]=Cc1ccccc1OCc1cccc(Cl)c1. The van der Waals surface area contributed by atoms with Crippen molar-refractivity contribution in [2.24, 2.45) is 0 Å². The molecule has 3 N–H and O–H groups in total. The van der Waals surface area contributed by atoms with Crippen molar-refractivity contribution in [3.8, 4) is 5.75 Å². The van der Waals surface area contributed by atoms with E-state index in [0.717, 1.165) is 16.9 Å². The van der Waals surface area contributed by atoms with Crippen LogP contribution in [0.4, 0.5) is 0 Å². The molecular formula is C18H19ClN3OS+. The average Bonchev–Trinajstić information content (AvgIpc) is 2.59. The maximum absolute atomic E-state index is 5.99. The van der Waals surface area contributed by atoms with Crippen molar-refractivity contribution in [1.82, 2.24) is 10.7 Å². The predicted octanol–water partition coefficient (Wildman–Crippen LogP) is 1.98. The summed E-state index contributed by atoms with van der Waals surface area (Å²) in [7, 11) is 0. The standard InChI is InChI=1S/C18H18ClN3OS/c1-2-10-20-18(24)22-21-12-15-7-3-4-9-17(15)23-13-14-6-5-8-16(19)11-14/h2-9,11-12H,1,10,13H2,(H2,20,22,24)/p+1. The largest absolute Gasteiger partial charge is 0.488 e. The van der Waals surface area contributed by atoms with Crippen molar-refractivity contribution in [2.45, 2.75) is 6.61 Å². The Labute approximate surface area is 152 Å². The lowest BCUT2D eigenvalue weighted by Gasteiger charge is -2.08. The van der Waals surface area contributed by atoms with E-state index in [0.29, 0.717) is 23.3 Å². The zero-order chi connectivity index (χ0) is 17.2. The van der Waals surface area contributed by atoms with E-state index in [2.05, 4.69) is 22.4 Å². The van der Waals surface area contributed by atoms with Gasteiger partial charge < -0.3 is 10.1 Å². The molecule has 0 atom stereocenters. The molecule has 2 rings (SSSR count). The summed E-state index contributed by atoms with van der Waals surface area (Å²) >= 11 is 11.1. The van der Waals surface area contributed by atoms with Crippen molar-refractivity contribution in [2.75, 3.05) is 6.54 Å². The average molecular weight is 361 g/mol. The number of halogens is 1. The van der Waals surface area contributed by atoms with E-state index >= 15 is 0 Å². The highest BCUT2D eigenvalue weighted by atomic mass is 35.5. The summed E-state index contributed by atoms with van der Waals surface area (Å²) in [6.45, 7) is 4.67. The first-order valence-electron chi connectivity index (χ1n) is 7.39. The predicted molar refractivity (Wildman–Crippen MR) is 102 cm³/mol. The molecule has 0 aliphatic rings. The van der Waals surface area contributed by atoms with Crippen LogP contribution in [0, 0.1) is 0 Å². The first kappa shape index (κ1) is 18.0. The second-order valence-electron chi connectivity index (χ2n) is 4.87. The van der Waals surface area contributed by atoms with E-state index in [9.17, 15) is 0 Å². The second-order valence-corrected chi connectivity index (χ2v) is 5.71. The van der Waals surface area contributed by atoms with Crippen LogP contribution in [0.2, 0.25) is 5.02 Å². The van der Waals surface area contributed by atoms with Crippen molar-refractivity contribution < 1.29 is 9.84 Å². The molecule has 24 heavy (non-hydrogen) atoms. The van der Waals surface area contributed by atoms with Crippen LogP contribution in [-0.4, -0.2) is 17.9 Å². The molecule has 0 saturated heterocycles. The molecule has 0 aliphatic carbocycles. The Morgan fingerprint density at radius 2 is 2.08 bits per heavy atom. The Balaban J connectivity index is 1.96.